The fourth-order valence-electron chi connectivity index (χ4n) is 2.31. The average molecular weight is 466 g/mol. The summed E-state index contributed by atoms with van der Waals surface area (Å²) in [6.07, 6.45) is 0.889. The summed E-state index contributed by atoms with van der Waals surface area (Å²) in [7, 11) is 1.74. The predicted molar refractivity (Wildman–Crippen MR) is 114 cm³/mol. The fraction of sp³-hybridized carbons (Fsp3) is 0.611. The molecule has 7 heteroatoms. The molecule has 0 spiro atoms. The van der Waals surface area contributed by atoms with Crippen molar-refractivity contribution in [2.24, 2.45) is 4.99 Å². The molecule has 1 unspecified atom stereocenters. The van der Waals surface area contributed by atoms with E-state index < -0.39 is 0 Å². The van der Waals surface area contributed by atoms with Crippen molar-refractivity contribution in [3.63, 3.8) is 0 Å². The highest BCUT2D eigenvalue weighted by atomic mass is 127. The Morgan fingerprint density at radius 2 is 1.92 bits per heavy atom. The van der Waals surface area contributed by atoms with Gasteiger partial charge in [-0.2, -0.15) is 0 Å². The van der Waals surface area contributed by atoms with Crippen molar-refractivity contribution in [2.75, 3.05) is 39.8 Å². The zero-order chi connectivity index (χ0) is 17.8. The fourth-order valence-corrected chi connectivity index (χ4v) is 2.31. The number of nitrogens with zero attached hydrogens (tertiary/aromatic N) is 2. The summed E-state index contributed by atoms with van der Waals surface area (Å²) < 4.78 is 19.2. The number of benzene rings is 1. The van der Waals surface area contributed by atoms with E-state index in [9.17, 15) is 4.39 Å². The van der Waals surface area contributed by atoms with Crippen molar-refractivity contribution in [3.05, 3.63) is 30.1 Å². The molecule has 0 amide bonds. The summed E-state index contributed by atoms with van der Waals surface area (Å²) in [5, 5.41) is 6.49. The van der Waals surface area contributed by atoms with Crippen LogP contribution < -0.4 is 15.4 Å². The molecule has 1 aromatic rings. The monoisotopic (exact) mass is 466 g/mol. The first kappa shape index (κ1) is 23.9. The molecule has 1 atom stereocenters. The molecule has 0 bridgehead atoms. The van der Waals surface area contributed by atoms with Gasteiger partial charge in [0.2, 0.25) is 0 Å². The maximum absolute atomic E-state index is 13.6. The van der Waals surface area contributed by atoms with Crippen molar-refractivity contribution in [1.82, 2.24) is 15.5 Å². The van der Waals surface area contributed by atoms with Crippen LogP contribution in [0.15, 0.2) is 29.3 Å². The topological polar surface area (TPSA) is 48.9 Å². The van der Waals surface area contributed by atoms with Crippen LogP contribution in [0, 0.1) is 5.82 Å². The van der Waals surface area contributed by atoms with Crippen molar-refractivity contribution in [1.29, 1.82) is 0 Å². The minimum atomic E-state index is -0.344. The first-order chi connectivity index (χ1) is 11.6. The number of nitrogens with one attached hydrogen (secondary N) is 2. The van der Waals surface area contributed by atoms with Gasteiger partial charge in [-0.25, -0.2) is 4.39 Å². The van der Waals surface area contributed by atoms with Crippen LogP contribution in [0.4, 0.5) is 4.39 Å². The lowest BCUT2D eigenvalue weighted by molar-refractivity contribution is 0.214. The average Bonchev–Trinajstić information content (AvgIpc) is 2.59. The Labute approximate surface area is 168 Å². The summed E-state index contributed by atoms with van der Waals surface area (Å²) in [6, 6.07) is 6.43. The van der Waals surface area contributed by atoms with Crippen LogP contribution in [-0.2, 0) is 0 Å². The molecule has 0 radical (unpaired) electrons. The van der Waals surface area contributed by atoms with Crippen LogP contribution >= 0.6 is 24.0 Å². The van der Waals surface area contributed by atoms with Gasteiger partial charge in [-0.3, -0.25) is 4.99 Å². The van der Waals surface area contributed by atoms with Gasteiger partial charge >= 0.3 is 0 Å². The molecule has 0 saturated carbocycles. The second-order valence-corrected chi connectivity index (χ2v) is 5.62. The van der Waals surface area contributed by atoms with Crippen LogP contribution in [0.1, 0.15) is 27.2 Å². The Morgan fingerprint density at radius 1 is 1.24 bits per heavy atom. The predicted octanol–water partition coefficient (Wildman–Crippen LogP) is 3.11. The number of aliphatic imine (C=N–C) groups is 1. The maximum atomic E-state index is 13.6. The van der Waals surface area contributed by atoms with Crippen molar-refractivity contribution in [3.8, 4) is 5.75 Å². The van der Waals surface area contributed by atoms with Crippen LogP contribution in [0.3, 0.4) is 0 Å². The largest absolute Gasteiger partial charge is 0.486 e. The summed E-state index contributed by atoms with van der Waals surface area (Å²) in [6.45, 7) is 10.9. The molecule has 0 fully saturated rings. The Bertz CT molecular complexity index is 498. The third kappa shape index (κ3) is 9.84. The van der Waals surface area contributed by atoms with E-state index in [2.05, 4.69) is 34.4 Å². The summed E-state index contributed by atoms with van der Waals surface area (Å²) >= 11 is 0. The van der Waals surface area contributed by atoms with E-state index in [0.717, 1.165) is 38.6 Å². The van der Waals surface area contributed by atoms with Crippen LogP contribution in [0.2, 0.25) is 0 Å². The molecule has 25 heavy (non-hydrogen) atoms. The summed E-state index contributed by atoms with van der Waals surface area (Å²) in [5.74, 6) is 0.663. The van der Waals surface area contributed by atoms with E-state index in [-0.39, 0.29) is 41.6 Å². The van der Waals surface area contributed by atoms with Gasteiger partial charge < -0.3 is 20.3 Å². The smallest absolute Gasteiger partial charge is 0.191 e. The maximum Gasteiger partial charge on any atom is 0.191 e. The van der Waals surface area contributed by atoms with Gasteiger partial charge in [0.15, 0.2) is 17.5 Å². The lowest BCUT2D eigenvalue weighted by Gasteiger charge is -2.19. The molecule has 0 aliphatic carbocycles. The molecular weight excluding hydrogens is 434 g/mol. The number of hydrogen-bond acceptors (Lipinski definition) is 3. The van der Waals surface area contributed by atoms with Crippen LogP contribution in [0.5, 0.6) is 5.75 Å². The molecule has 1 rings (SSSR count). The highest BCUT2D eigenvalue weighted by Crippen LogP contribution is 2.16. The number of hydrogen-bond donors (Lipinski definition) is 2. The van der Waals surface area contributed by atoms with Crippen molar-refractivity contribution < 1.29 is 9.13 Å². The zero-order valence-electron chi connectivity index (χ0n) is 15.7. The van der Waals surface area contributed by atoms with Gasteiger partial charge in [0.1, 0.15) is 6.10 Å². The second kappa shape index (κ2) is 14.1. The van der Waals surface area contributed by atoms with E-state index in [1.165, 1.54) is 6.07 Å². The van der Waals surface area contributed by atoms with E-state index in [4.69, 9.17) is 4.74 Å². The molecule has 2 N–H and O–H groups in total. The molecule has 144 valence electrons. The molecule has 0 aliphatic heterocycles. The first-order valence-corrected chi connectivity index (χ1v) is 8.68. The minimum absolute atomic E-state index is 0. The number of para-hydroxylation sites is 1. The number of ether oxygens (including phenoxy) is 1. The van der Waals surface area contributed by atoms with Gasteiger partial charge in [0.25, 0.3) is 0 Å². The SMILES string of the molecule is CCN(CC)CCCNC(=NC)NCC(C)Oc1ccccc1F.I. The number of halogens is 2. The lowest BCUT2D eigenvalue weighted by atomic mass is 10.3. The minimum Gasteiger partial charge on any atom is -0.486 e. The third-order valence-electron chi connectivity index (χ3n) is 3.78. The van der Waals surface area contributed by atoms with Gasteiger partial charge in [-0.1, -0.05) is 26.0 Å². The molecule has 5 nitrogen and oxygen atoms in total. The molecule has 1 aromatic carbocycles. The highest BCUT2D eigenvalue weighted by Gasteiger charge is 2.08. The van der Waals surface area contributed by atoms with Gasteiger partial charge in [-0.15, -0.1) is 24.0 Å². The lowest BCUT2D eigenvalue weighted by Crippen LogP contribution is -2.42. The standard InChI is InChI=1S/C18H31FN4O.HI/c1-5-23(6-2)13-9-12-21-18(20-4)22-14-15(3)24-17-11-8-7-10-16(17)19;/h7-8,10-11,15H,5-6,9,12-14H2,1-4H3,(H2,20,21,22);1H. The number of rotatable bonds is 10. The molecule has 0 heterocycles. The Balaban J connectivity index is 0.00000576. The van der Waals surface area contributed by atoms with Gasteiger partial charge in [0, 0.05) is 13.6 Å². The highest BCUT2D eigenvalue weighted by molar-refractivity contribution is 14.0. The van der Waals surface area contributed by atoms with Gasteiger partial charge in [-0.05, 0) is 45.1 Å². The van der Waals surface area contributed by atoms with E-state index >= 15 is 0 Å². The summed E-state index contributed by atoms with van der Waals surface area (Å²) in [5.41, 5.74) is 0. The van der Waals surface area contributed by atoms with E-state index in [0.29, 0.717) is 6.54 Å². The Kier molecular flexibility index (Phi) is 13.5. The number of guanidine groups is 1. The molecule has 0 aliphatic rings. The van der Waals surface area contributed by atoms with E-state index in [1.807, 2.05) is 6.92 Å². The van der Waals surface area contributed by atoms with Gasteiger partial charge in [0.05, 0.1) is 6.54 Å². The second-order valence-electron chi connectivity index (χ2n) is 5.62. The zero-order valence-corrected chi connectivity index (χ0v) is 18.0. The van der Waals surface area contributed by atoms with Crippen molar-refractivity contribution >= 4 is 29.9 Å². The first-order valence-electron chi connectivity index (χ1n) is 8.68. The third-order valence-corrected chi connectivity index (χ3v) is 3.78. The molecule has 0 aromatic heterocycles. The van der Waals surface area contributed by atoms with E-state index in [1.54, 1.807) is 25.2 Å². The van der Waals surface area contributed by atoms with Crippen molar-refractivity contribution in [2.45, 2.75) is 33.3 Å². The molecule has 0 saturated heterocycles. The summed E-state index contributed by atoms with van der Waals surface area (Å²) in [4.78, 5) is 6.58. The van der Waals surface area contributed by atoms with Crippen LogP contribution in [-0.4, -0.2) is 56.7 Å². The normalized spacial score (nSPS) is 12.5. The Morgan fingerprint density at radius 3 is 2.52 bits per heavy atom. The Hall–Kier alpha value is -1.09. The van der Waals surface area contributed by atoms with Crippen LogP contribution in [0.25, 0.3) is 0 Å². The molecular formula is C18H32FIN4O. The quantitative estimate of drug-likeness (QED) is 0.241.